The van der Waals surface area contributed by atoms with Crippen LogP contribution < -0.4 is 11.1 Å². The Morgan fingerprint density at radius 2 is 1.89 bits per heavy atom. The van der Waals surface area contributed by atoms with E-state index >= 15 is 0 Å². The molecular formula is C16H28N2O. The zero-order valence-electron chi connectivity index (χ0n) is 12.2. The van der Waals surface area contributed by atoms with E-state index in [0.29, 0.717) is 11.3 Å². The van der Waals surface area contributed by atoms with Crippen LogP contribution in [0, 0.1) is 22.7 Å². The lowest BCUT2D eigenvalue weighted by atomic mass is 9.44. The second-order valence-corrected chi connectivity index (χ2v) is 7.80. The highest BCUT2D eigenvalue weighted by molar-refractivity contribution is 5.83. The van der Waals surface area contributed by atoms with Crippen LogP contribution in [0.2, 0.25) is 0 Å². The molecule has 0 aromatic rings. The minimum atomic E-state index is -0.0124. The van der Waals surface area contributed by atoms with Crippen molar-refractivity contribution in [3.63, 3.8) is 0 Å². The first kappa shape index (κ1) is 13.4. The fraction of sp³-hybridized carbons (Fsp3) is 0.938. The second kappa shape index (κ2) is 4.76. The quantitative estimate of drug-likeness (QED) is 0.749. The van der Waals surface area contributed by atoms with E-state index in [0.717, 1.165) is 57.0 Å². The van der Waals surface area contributed by atoms with Crippen LogP contribution in [0.3, 0.4) is 0 Å². The third kappa shape index (κ3) is 2.42. The Bertz CT molecular complexity index is 352. The van der Waals surface area contributed by atoms with Gasteiger partial charge in [-0.1, -0.05) is 6.92 Å². The molecule has 19 heavy (non-hydrogen) atoms. The molecule has 0 aromatic heterocycles. The van der Waals surface area contributed by atoms with E-state index < -0.39 is 0 Å². The minimum absolute atomic E-state index is 0.0124. The van der Waals surface area contributed by atoms with Gasteiger partial charge >= 0.3 is 0 Å². The van der Waals surface area contributed by atoms with Crippen LogP contribution in [0.4, 0.5) is 0 Å². The molecule has 0 spiro atoms. The lowest BCUT2D eigenvalue weighted by molar-refractivity contribution is -0.155. The van der Waals surface area contributed by atoms with E-state index in [2.05, 4.69) is 12.2 Å². The Kier molecular flexibility index (Phi) is 3.36. The molecule has 3 nitrogen and oxygen atoms in total. The summed E-state index contributed by atoms with van der Waals surface area (Å²) in [5.41, 5.74) is 5.94. The number of amides is 1. The third-order valence-electron chi connectivity index (χ3n) is 5.75. The summed E-state index contributed by atoms with van der Waals surface area (Å²) in [6.07, 6.45) is 9.59. The predicted molar refractivity (Wildman–Crippen MR) is 76.5 cm³/mol. The number of nitrogens with two attached hydrogens (primary N) is 1. The molecule has 0 aliphatic heterocycles. The molecule has 0 radical (unpaired) electrons. The molecule has 2 unspecified atom stereocenters. The number of carbonyl (C=O) groups is 1. The summed E-state index contributed by atoms with van der Waals surface area (Å²) in [6.45, 7) is 3.95. The number of nitrogens with one attached hydrogen (secondary N) is 1. The van der Waals surface area contributed by atoms with Gasteiger partial charge < -0.3 is 11.1 Å². The van der Waals surface area contributed by atoms with E-state index in [-0.39, 0.29) is 5.41 Å². The molecule has 4 aliphatic carbocycles. The normalized spacial score (nSPS) is 43.5. The fourth-order valence-corrected chi connectivity index (χ4v) is 5.64. The first-order valence-electron chi connectivity index (χ1n) is 8.04. The average Bonchev–Trinajstić information content (AvgIpc) is 2.31. The van der Waals surface area contributed by atoms with Gasteiger partial charge in [-0.05, 0) is 75.2 Å². The summed E-state index contributed by atoms with van der Waals surface area (Å²) in [5.74, 6) is 1.99. The van der Waals surface area contributed by atoms with Gasteiger partial charge in [-0.15, -0.1) is 0 Å². The zero-order valence-corrected chi connectivity index (χ0v) is 12.2. The molecule has 108 valence electrons. The van der Waals surface area contributed by atoms with E-state index in [1.54, 1.807) is 0 Å². The zero-order chi connectivity index (χ0) is 13.5. The topological polar surface area (TPSA) is 55.1 Å². The average molecular weight is 264 g/mol. The largest absolute Gasteiger partial charge is 0.356 e. The van der Waals surface area contributed by atoms with E-state index in [1.165, 1.54) is 19.3 Å². The maximum atomic E-state index is 12.7. The van der Waals surface area contributed by atoms with Crippen LogP contribution in [0.1, 0.15) is 58.3 Å². The van der Waals surface area contributed by atoms with Crippen LogP contribution in [-0.2, 0) is 4.79 Å². The number of carbonyl (C=O) groups excluding carboxylic acids is 1. The number of hydrogen-bond donors (Lipinski definition) is 2. The highest BCUT2D eigenvalue weighted by atomic mass is 16.2. The van der Waals surface area contributed by atoms with Crippen LogP contribution in [0.25, 0.3) is 0 Å². The monoisotopic (exact) mass is 264 g/mol. The summed E-state index contributed by atoms with van der Waals surface area (Å²) >= 11 is 0. The lowest BCUT2D eigenvalue weighted by Gasteiger charge is -2.60. The molecule has 3 heteroatoms. The van der Waals surface area contributed by atoms with Gasteiger partial charge in [-0.3, -0.25) is 4.79 Å². The molecule has 4 bridgehead atoms. The molecule has 0 aromatic carbocycles. The lowest BCUT2D eigenvalue weighted by Crippen LogP contribution is -2.56. The van der Waals surface area contributed by atoms with Gasteiger partial charge in [0.2, 0.25) is 5.91 Å². The van der Waals surface area contributed by atoms with Gasteiger partial charge in [0, 0.05) is 6.54 Å². The van der Waals surface area contributed by atoms with Crippen molar-refractivity contribution in [3.05, 3.63) is 0 Å². The van der Waals surface area contributed by atoms with Crippen molar-refractivity contribution in [3.8, 4) is 0 Å². The minimum Gasteiger partial charge on any atom is -0.356 e. The van der Waals surface area contributed by atoms with Gasteiger partial charge in [0.25, 0.3) is 0 Å². The molecule has 3 N–H and O–H groups in total. The molecule has 4 aliphatic rings. The highest BCUT2D eigenvalue weighted by Gasteiger charge is 2.58. The molecule has 4 saturated carbocycles. The van der Waals surface area contributed by atoms with Crippen molar-refractivity contribution in [2.75, 3.05) is 13.1 Å². The van der Waals surface area contributed by atoms with Crippen LogP contribution in [-0.4, -0.2) is 19.0 Å². The Morgan fingerprint density at radius 3 is 2.47 bits per heavy atom. The molecule has 4 fully saturated rings. The highest BCUT2D eigenvalue weighted by Crippen LogP contribution is 2.65. The standard InChI is InChI=1S/C16H28N2O/c1-15-7-12-6-13(8-15)10-16(9-12,11-15)14(19)18-5-3-2-4-17/h12-13H,2-11,17H2,1H3,(H,18,19). The smallest absolute Gasteiger partial charge is 0.226 e. The second-order valence-electron chi connectivity index (χ2n) is 7.80. The fourth-order valence-electron chi connectivity index (χ4n) is 5.64. The predicted octanol–water partition coefficient (Wildman–Crippen LogP) is 2.45. The number of rotatable bonds is 5. The van der Waals surface area contributed by atoms with Crippen molar-refractivity contribution >= 4 is 5.91 Å². The van der Waals surface area contributed by atoms with E-state index in [4.69, 9.17) is 5.73 Å². The third-order valence-corrected chi connectivity index (χ3v) is 5.75. The molecule has 1 amide bonds. The van der Waals surface area contributed by atoms with Crippen molar-refractivity contribution < 1.29 is 4.79 Å². The maximum absolute atomic E-state index is 12.7. The summed E-state index contributed by atoms with van der Waals surface area (Å²) in [4.78, 5) is 12.7. The van der Waals surface area contributed by atoms with Crippen molar-refractivity contribution in [1.82, 2.24) is 5.32 Å². The summed E-state index contributed by atoms with van der Waals surface area (Å²) < 4.78 is 0. The Labute approximate surface area is 116 Å². The number of unbranched alkanes of at least 4 members (excludes halogenated alkanes) is 1. The first-order valence-corrected chi connectivity index (χ1v) is 8.04. The van der Waals surface area contributed by atoms with Crippen LogP contribution in [0.15, 0.2) is 0 Å². The Hall–Kier alpha value is -0.570. The van der Waals surface area contributed by atoms with Gasteiger partial charge in [0.15, 0.2) is 0 Å². The maximum Gasteiger partial charge on any atom is 0.226 e. The first-order chi connectivity index (χ1) is 9.05. The Morgan fingerprint density at radius 1 is 1.21 bits per heavy atom. The van der Waals surface area contributed by atoms with E-state index in [9.17, 15) is 4.79 Å². The van der Waals surface area contributed by atoms with Crippen molar-refractivity contribution in [1.29, 1.82) is 0 Å². The molecule has 0 heterocycles. The Balaban J connectivity index is 1.64. The SMILES string of the molecule is CC12CC3CC(C1)CC(C(=O)NCCCCN)(C3)C2. The van der Waals surface area contributed by atoms with Crippen molar-refractivity contribution in [2.45, 2.75) is 58.3 Å². The molecule has 0 saturated heterocycles. The summed E-state index contributed by atoms with van der Waals surface area (Å²) in [6, 6.07) is 0. The van der Waals surface area contributed by atoms with Crippen molar-refractivity contribution in [2.24, 2.45) is 28.4 Å². The van der Waals surface area contributed by atoms with Crippen LogP contribution in [0.5, 0.6) is 0 Å². The molecule has 4 rings (SSSR count). The van der Waals surface area contributed by atoms with Gasteiger partial charge in [0.05, 0.1) is 5.41 Å². The number of hydrogen-bond acceptors (Lipinski definition) is 2. The van der Waals surface area contributed by atoms with Gasteiger partial charge in [0.1, 0.15) is 0 Å². The molecular weight excluding hydrogens is 236 g/mol. The molecule has 2 atom stereocenters. The van der Waals surface area contributed by atoms with Gasteiger partial charge in [-0.25, -0.2) is 0 Å². The summed E-state index contributed by atoms with van der Waals surface area (Å²) in [7, 11) is 0. The summed E-state index contributed by atoms with van der Waals surface area (Å²) in [5, 5.41) is 3.20. The van der Waals surface area contributed by atoms with Crippen LogP contribution >= 0.6 is 0 Å². The van der Waals surface area contributed by atoms with E-state index in [1.807, 2.05) is 0 Å². The van der Waals surface area contributed by atoms with Gasteiger partial charge in [-0.2, -0.15) is 0 Å².